The summed E-state index contributed by atoms with van der Waals surface area (Å²) in [6.07, 6.45) is 11.9. The van der Waals surface area contributed by atoms with Gasteiger partial charge in [0.25, 0.3) is 0 Å². The fourth-order valence-electron chi connectivity index (χ4n) is 3.80. The molecule has 4 nitrogen and oxygen atoms in total. The molecular formula is C17H31N3O. The first-order valence-electron chi connectivity index (χ1n) is 8.39. The summed E-state index contributed by atoms with van der Waals surface area (Å²) in [6.45, 7) is 7.51. The van der Waals surface area contributed by atoms with Gasteiger partial charge in [-0.05, 0) is 37.0 Å². The molecule has 0 aromatic carbocycles. The molecule has 1 fully saturated rings. The molecule has 0 aliphatic heterocycles. The molecule has 0 unspecified atom stereocenters. The summed E-state index contributed by atoms with van der Waals surface area (Å²) in [7, 11) is 1.75. The highest BCUT2D eigenvalue weighted by Gasteiger charge is 2.35. The van der Waals surface area contributed by atoms with E-state index in [1.54, 1.807) is 7.11 Å². The van der Waals surface area contributed by atoms with Gasteiger partial charge in [0, 0.05) is 39.2 Å². The van der Waals surface area contributed by atoms with E-state index in [0.29, 0.717) is 5.41 Å². The Morgan fingerprint density at radius 2 is 2.14 bits per heavy atom. The van der Waals surface area contributed by atoms with Crippen LogP contribution in [0.1, 0.15) is 52.4 Å². The van der Waals surface area contributed by atoms with Crippen molar-refractivity contribution >= 4 is 5.95 Å². The molecule has 0 spiro atoms. The second-order valence-corrected chi connectivity index (χ2v) is 6.96. The van der Waals surface area contributed by atoms with Gasteiger partial charge in [0.15, 0.2) is 0 Å². The number of anilines is 1. The van der Waals surface area contributed by atoms with E-state index in [4.69, 9.17) is 4.74 Å². The van der Waals surface area contributed by atoms with Gasteiger partial charge in [-0.15, -0.1) is 0 Å². The van der Waals surface area contributed by atoms with Gasteiger partial charge in [-0.3, -0.25) is 0 Å². The highest BCUT2D eigenvalue weighted by Crippen LogP contribution is 2.44. The highest BCUT2D eigenvalue weighted by molar-refractivity contribution is 5.25. The first-order chi connectivity index (χ1) is 10.2. The number of nitrogens with zero attached hydrogens (tertiary/aromatic N) is 2. The quantitative estimate of drug-likeness (QED) is 0.701. The third-order valence-electron chi connectivity index (χ3n) is 4.54. The number of nitrogens with one attached hydrogen (secondary N) is 1. The van der Waals surface area contributed by atoms with Crippen LogP contribution in [0.5, 0.6) is 0 Å². The van der Waals surface area contributed by atoms with Crippen molar-refractivity contribution in [3.8, 4) is 0 Å². The molecule has 0 radical (unpaired) electrons. The molecule has 0 bridgehead atoms. The molecular weight excluding hydrogens is 262 g/mol. The Bertz CT molecular complexity index is 408. The number of hydrogen-bond donors (Lipinski definition) is 1. The molecule has 1 aromatic rings. The van der Waals surface area contributed by atoms with Crippen molar-refractivity contribution in [2.45, 2.75) is 58.9 Å². The maximum atomic E-state index is 5.09. The summed E-state index contributed by atoms with van der Waals surface area (Å²) in [6, 6.07) is 0. The minimum absolute atomic E-state index is 0.484. The molecule has 120 valence electrons. The summed E-state index contributed by atoms with van der Waals surface area (Å²) in [5.41, 5.74) is 0.484. The Morgan fingerprint density at radius 1 is 1.38 bits per heavy atom. The summed E-state index contributed by atoms with van der Waals surface area (Å²) in [5, 5.41) is 3.44. The average Bonchev–Trinajstić information content (AvgIpc) is 3.05. The SMILES string of the molecule is COCCCNc1nccn1CC1(CC(C)C)CCCC1. The molecule has 1 heterocycles. The first-order valence-corrected chi connectivity index (χ1v) is 8.39. The van der Waals surface area contributed by atoms with Crippen molar-refractivity contribution in [2.24, 2.45) is 11.3 Å². The van der Waals surface area contributed by atoms with Crippen molar-refractivity contribution in [2.75, 3.05) is 25.6 Å². The maximum absolute atomic E-state index is 5.09. The van der Waals surface area contributed by atoms with E-state index in [2.05, 4.69) is 34.9 Å². The van der Waals surface area contributed by atoms with E-state index >= 15 is 0 Å². The van der Waals surface area contributed by atoms with Crippen LogP contribution in [0, 0.1) is 11.3 Å². The zero-order valence-electron chi connectivity index (χ0n) is 13.9. The minimum atomic E-state index is 0.484. The molecule has 0 amide bonds. The third-order valence-corrected chi connectivity index (χ3v) is 4.54. The fourth-order valence-corrected chi connectivity index (χ4v) is 3.80. The molecule has 21 heavy (non-hydrogen) atoms. The van der Waals surface area contributed by atoms with Gasteiger partial charge in [-0.1, -0.05) is 26.7 Å². The fraction of sp³-hybridized carbons (Fsp3) is 0.824. The molecule has 1 aliphatic rings. The van der Waals surface area contributed by atoms with Crippen molar-refractivity contribution in [1.29, 1.82) is 0 Å². The van der Waals surface area contributed by atoms with E-state index in [9.17, 15) is 0 Å². The van der Waals surface area contributed by atoms with Gasteiger partial charge < -0.3 is 14.6 Å². The second-order valence-electron chi connectivity index (χ2n) is 6.96. The molecule has 0 atom stereocenters. The number of imidazole rings is 1. The van der Waals surface area contributed by atoms with Gasteiger partial charge in [0.05, 0.1) is 0 Å². The Kier molecular flexibility index (Phi) is 6.09. The van der Waals surface area contributed by atoms with Crippen LogP contribution in [-0.4, -0.2) is 29.8 Å². The van der Waals surface area contributed by atoms with E-state index in [0.717, 1.165) is 38.0 Å². The summed E-state index contributed by atoms with van der Waals surface area (Å²) >= 11 is 0. The number of ether oxygens (including phenoxy) is 1. The lowest BCUT2D eigenvalue weighted by Crippen LogP contribution is -2.26. The normalized spacial score (nSPS) is 17.5. The zero-order valence-corrected chi connectivity index (χ0v) is 13.9. The van der Waals surface area contributed by atoms with Crippen LogP contribution in [0.15, 0.2) is 12.4 Å². The molecule has 1 aliphatic carbocycles. The Labute approximate surface area is 129 Å². The summed E-state index contributed by atoms with van der Waals surface area (Å²) < 4.78 is 7.41. The zero-order chi connectivity index (χ0) is 15.1. The number of aromatic nitrogens is 2. The summed E-state index contributed by atoms with van der Waals surface area (Å²) in [5.74, 6) is 1.78. The topological polar surface area (TPSA) is 39.1 Å². The molecule has 0 saturated heterocycles. The van der Waals surface area contributed by atoms with E-state index in [1.165, 1.54) is 32.1 Å². The molecule has 2 rings (SSSR count). The maximum Gasteiger partial charge on any atom is 0.202 e. The lowest BCUT2D eigenvalue weighted by Gasteiger charge is -2.32. The number of hydrogen-bond acceptors (Lipinski definition) is 3. The van der Waals surface area contributed by atoms with Crippen LogP contribution < -0.4 is 5.32 Å². The third kappa shape index (κ3) is 4.73. The van der Waals surface area contributed by atoms with Gasteiger partial charge in [0.2, 0.25) is 5.95 Å². The second kappa shape index (κ2) is 7.83. The molecule has 1 aromatic heterocycles. The van der Waals surface area contributed by atoms with Crippen LogP contribution in [0.25, 0.3) is 0 Å². The lowest BCUT2D eigenvalue weighted by molar-refractivity contribution is 0.196. The van der Waals surface area contributed by atoms with Crippen molar-refractivity contribution in [1.82, 2.24) is 9.55 Å². The Balaban J connectivity index is 1.96. The van der Waals surface area contributed by atoms with Crippen LogP contribution in [-0.2, 0) is 11.3 Å². The van der Waals surface area contributed by atoms with E-state index in [-0.39, 0.29) is 0 Å². The molecule has 1 saturated carbocycles. The van der Waals surface area contributed by atoms with Crippen molar-refractivity contribution in [3.63, 3.8) is 0 Å². The largest absolute Gasteiger partial charge is 0.385 e. The molecule has 4 heteroatoms. The Hall–Kier alpha value is -1.03. The average molecular weight is 293 g/mol. The standard InChI is InChI=1S/C17H31N3O/c1-15(2)13-17(7-4-5-8-17)14-20-11-10-19-16(20)18-9-6-12-21-3/h10-11,15H,4-9,12-14H2,1-3H3,(H,18,19). The Morgan fingerprint density at radius 3 is 2.81 bits per heavy atom. The highest BCUT2D eigenvalue weighted by atomic mass is 16.5. The van der Waals surface area contributed by atoms with E-state index in [1.807, 2.05) is 6.20 Å². The van der Waals surface area contributed by atoms with Crippen molar-refractivity contribution in [3.05, 3.63) is 12.4 Å². The predicted octanol–water partition coefficient (Wildman–Crippen LogP) is 3.94. The first kappa shape index (κ1) is 16.3. The van der Waals surface area contributed by atoms with Crippen LogP contribution in [0.2, 0.25) is 0 Å². The van der Waals surface area contributed by atoms with Crippen LogP contribution >= 0.6 is 0 Å². The van der Waals surface area contributed by atoms with Crippen LogP contribution in [0.3, 0.4) is 0 Å². The van der Waals surface area contributed by atoms with Gasteiger partial charge in [-0.2, -0.15) is 0 Å². The number of methoxy groups -OCH3 is 1. The smallest absolute Gasteiger partial charge is 0.202 e. The summed E-state index contributed by atoms with van der Waals surface area (Å²) in [4.78, 5) is 4.48. The van der Waals surface area contributed by atoms with Crippen molar-refractivity contribution < 1.29 is 4.74 Å². The van der Waals surface area contributed by atoms with Gasteiger partial charge in [-0.25, -0.2) is 4.98 Å². The number of rotatable bonds is 9. The molecule has 1 N–H and O–H groups in total. The lowest BCUT2D eigenvalue weighted by atomic mass is 9.78. The van der Waals surface area contributed by atoms with Crippen LogP contribution in [0.4, 0.5) is 5.95 Å². The monoisotopic (exact) mass is 293 g/mol. The predicted molar refractivity (Wildman–Crippen MR) is 87.6 cm³/mol. The van der Waals surface area contributed by atoms with E-state index < -0.39 is 0 Å². The van der Waals surface area contributed by atoms with Gasteiger partial charge in [0.1, 0.15) is 0 Å². The van der Waals surface area contributed by atoms with Gasteiger partial charge >= 0.3 is 0 Å². The minimum Gasteiger partial charge on any atom is -0.385 e.